The molecular formula is C17H28N8O. The number of anilines is 2. The molecule has 2 atom stereocenters. The van der Waals surface area contributed by atoms with Gasteiger partial charge in [0.1, 0.15) is 18.0 Å². The molecule has 1 fully saturated rings. The van der Waals surface area contributed by atoms with Crippen LogP contribution in [-0.2, 0) is 13.5 Å². The van der Waals surface area contributed by atoms with Crippen LogP contribution >= 0.6 is 0 Å². The van der Waals surface area contributed by atoms with Crippen molar-refractivity contribution in [3.8, 4) is 0 Å². The first-order chi connectivity index (χ1) is 12.5. The molecule has 0 saturated carbocycles. The van der Waals surface area contributed by atoms with Crippen molar-refractivity contribution in [2.45, 2.75) is 31.4 Å². The maximum atomic E-state index is 10.1. The first-order valence-corrected chi connectivity index (χ1v) is 9.02. The fourth-order valence-corrected chi connectivity index (χ4v) is 3.36. The molecule has 2 N–H and O–H groups in total. The number of rotatable bonds is 8. The van der Waals surface area contributed by atoms with Crippen molar-refractivity contribution in [2.75, 3.05) is 43.9 Å². The molecule has 0 aliphatic carbocycles. The van der Waals surface area contributed by atoms with Crippen molar-refractivity contribution in [1.29, 1.82) is 0 Å². The Balaban J connectivity index is 1.55. The van der Waals surface area contributed by atoms with Crippen LogP contribution in [0.15, 0.2) is 18.6 Å². The summed E-state index contributed by atoms with van der Waals surface area (Å²) in [5.74, 6) is 1.67. The average molecular weight is 360 g/mol. The Morgan fingerprint density at radius 1 is 1.35 bits per heavy atom. The zero-order chi connectivity index (χ0) is 18.5. The van der Waals surface area contributed by atoms with Crippen molar-refractivity contribution in [3.05, 3.63) is 24.3 Å². The third kappa shape index (κ3) is 4.89. The summed E-state index contributed by atoms with van der Waals surface area (Å²) in [4.78, 5) is 14.6. The van der Waals surface area contributed by atoms with Gasteiger partial charge in [0.05, 0.1) is 18.0 Å². The Morgan fingerprint density at radius 2 is 2.19 bits per heavy atom. The second kappa shape index (κ2) is 8.41. The lowest BCUT2D eigenvalue weighted by atomic mass is 10.2. The highest BCUT2D eigenvalue weighted by molar-refractivity contribution is 5.50. The maximum Gasteiger partial charge on any atom is 0.134 e. The first-order valence-electron chi connectivity index (χ1n) is 9.02. The van der Waals surface area contributed by atoms with Gasteiger partial charge in [-0.3, -0.25) is 0 Å². The molecule has 1 aliphatic rings. The second-order valence-electron chi connectivity index (χ2n) is 7.08. The molecule has 1 saturated heterocycles. The SMILES string of the molecule is CN(C)C[C@H]1C[C@@H](O)CN1c1cc(NCCCc2cnn(C)n2)ncn1. The van der Waals surface area contributed by atoms with Crippen LogP contribution in [0.5, 0.6) is 0 Å². The van der Waals surface area contributed by atoms with Gasteiger partial charge in [0.2, 0.25) is 0 Å². The molecule has 9 heteroatoms. The van der Waals surface area contributed by atoms with Gasteiger partial charge in [-0.1, -0.05) is 0 Å². The van der Waals surface area contributed by atoms with Crippen LogP contribution in [0.1, 0.15) is 18.5 Å². The highest BCUT2D eigenvalue weighted by Crippen LogP contribution is 2.25. The van der Waals surface area contributed by atoms with Crippen LogP contribution in [0.4, 0.5) is 11.6 Å². The van der Waals surface area contributed by atoms with Gasteiger partial charge in [-0.2, -0.15) is 15.0 Å². The van der Waals surface area contributed by atoms with Crippen LogP contribution in [0.25, 0.3) is 0 Å². The van der Waals surface area contributed by atoms with Gasteiger partial charge in [-0.25, -0.2) is 9.97 Å². The van der Waals surface area contributed by atoms with E-state index in [0.29, 0.717) is 6.54 Å². The third-order valence-electron chi connectivity index (χ3n) is 4.48. The summed E-state index contributed by atoms with van der Waals surface area (Å²) in [7, 11) is 5.92. The van der Waals surface area contributed by atoms with E-state index in [1.54, 1.807) is 17.3 Å². The molecule has 2 aromatic rings. The van der Waals surface area contributed by atoms with E-state index in [1.165, 1.54) is 0 Å². The molecule has 2 aromatic heterocycles. The molecule has 3 rings (SSSR count). The zero-order valence-electron chi connectivity index (χ0n) is 15.7. The number of β-amino-alcohol motifs (C(OH)–C–C–N with tert-alkyl or cyclic N) is 1. The molecular weight excluding hydrogens is 332 g/mol. The molecule has 0 aromatic carbocycles. The second-order valence-corrected chi connectivity index (χ2v) is 7.08. The van der Waals surface area contributed by atoms with Gasteiger partial charge in [0.25, 0.3) is 0 Å². The standard InChI is InChI=1S/C17H28N8O/c1-23(2)10-14-7-15(26)11-25(14)17-8-16(19-12-20-17)18-6-4-5-13-9-21-24(3)22-13/h8-9,12,14-15,26H,4-7,10-11H2,1-3H3,(H,18,19,20)/t14-,15-/m1/s1. The minimum absolute atomic E-state index is 0.263. The van der Waals surface area contributed by atoms with Gasteiger partial charge in [-0.05, 0) is 33.4 Å². The number of likely N-dealkylation sites (N-methyl/N-ethyl adjacent to an activating group) is 1. The van der Waals surface area contributed by atoms with Crippen LogP contribution in [-0.4, -0.2) is 80.8 Å². The van der Waals surface area contributed by atoms with E-state index < -0.39 is 0 Å². The van der Waals surface area contributed by atoms with Crippen LogP contribution in [0.2, 0.25) is 0 Å². The summed E-state index contributed by atoms with van der Waals surface area (Å²) in [5.41, 5.74) is 0.996. The molecule has 0 amide bonds. The molecule has 0 spiro atoms. The van der Waals surface area contributed by atoms with Crippen molar-refractivity contribution < 1.29 is 5.11 Å². The van der Waals surface area contributed by atoms with E-state index in [1.807, 2.05) is 27.2 Å². The number of aryl methyl sites for hydroxylation is 2. The van der Waals surface area contributed by atoms with Crippen molar-refractivity contribution in [3.63, 3.8) is 0 Å². The quantitative estimate of drug-likeness (QED) is 0.643. The smallest absolute Gasteiger partial charge is 0.134 e. The van der Waals surface area contributed by atoms with Gasteiger partial charge >= 0.3 is 0 Å². The number of nitrogens with one attached hydrogen (secondary N) is 1. The van der Waals surface area contributed by atoms with Crippen LogP contribution < -0.4 is 10.2 Å². The summed E-state index contributed by atoms with van der Waals surface area (Å²) in [6.45, 7) is 2.31. The van der Waals surface area contributed by atoms with E-state index in [2.05, 4.69) is 35.3 Å². The Hall–Kier alpha value is -2.26. The lowest BCUT2D eigenvalue weighted by Crippen LogP contribution is -2.38. The molecule has 3 heterocycles. The van der Waals surface area contributed by atoms with E-state index in [-0.39, 0.29) is 12.1 Å². The van der Waals surface area contributed by atoms with Crippen LogP contribution in [0.3, 0.4) is 0 Å². The molecule has 9 nitrogen and oxygen atoms in total. The summed E-state index contributed by atoms with van der Waals surface area (Å²) in [5, 5.41) is 21.8. The third-order valence-corrected chi connectivity index (χ3v) is 4.48. The minimum Gasteiger partial charge on any atom is -0.391 e. The predicted molar refractivity (Wildman–Crippen MR) is 100 cm³/mol. The minimum atomic E-state index is -0.307. The van der Waals surface area contributed by atoms with Crippen molar-refractivity contribution in [2.24, 2.45) is 7.05 Å². The Morgan fingerprint density at radius 3 is 2.92 bits per heavy atom. The molecule has 1 aliphatic heterocycles. The molecule has 0 bridgehead atoms. The lowest BCUT2D eigenvalue weighted by molar-refractivity contribution is 0.191. The van der Waals surface area contributed by atoms with E-state index in [9.17, 15) is 5.11 Å². The van der Waals surface area contributed by atoms with Crippen molar-refractivity contribution >= 4 is 11.6 Å². The molecule has 26 heavy (non-hydrogen) atoms. The van der Waals surface area contributed by atoms with Gasteiger partial charge in [-0.15, -0.1) is 0 Å². The predicted octanol–water partition coefficient (Wildman–Crippen LogP) is 0.151. The first kappa shape index (κ1) is 18.5. The van der Waals surface area contributed by atoms with Crippen LogP contribution in [0, 0.1) is 0 Å². The number of nitrogens with zero attached hydrogens (tertiary/aromatic N) is 7. The number of aromatic nitrogens is 5. The van der Waals surface area contributed by atoms with Gasteiger partial charge < -0.3 is 20.2 Å². The number of hydrogen-bond donors (Lipinski definition) is 2. The van der Waals surface area contributed by atoms with E-state index >= 15 is 0 Å². The van der Waals surface area contributed by atoms with Crippen molar-refractivity contribution in [1.82, 2.24) is 29.9 Å². The highest BCUT2D eigenvalue weighted by atomic mass is 16.3. The summed E-state index contributed by atoms with van der Waals surface area (Å²) >= 11 is 0. The Kier molecular flexibility index (Phi) is 6.00. The largest absolute Gasteiger partial charge is 0.391 e. The fraction of sp³-hybridized carbons (Fsp3) is 0.647. The normalized spacial score (nSPS) is 20.1. The number of aliphatic hydroxyl groups is 1. The Labute approximate surface area is 154 Å². The molecule has 142 valence electrons. The van der Waals surface area contributed by atoms with E-state index in [0.717, 1.165) is 49.7 Å². The maximum absolute atomic E-state index is 10.1. The number of hydrogen-bond acceptors (Lipinski definition) is 8. The monoisotopic (exact) mass is 360 g/mol. The lowest BCUT2D eigenvalue weighted by Gasteiger charge is -2.27. The highest BCUT2D eigenvalue weighted by Gasteiger charge is 2.32. The zero-order valence-corrected chi connectivity index (χ0v) is 15.7. The van der Waals surface area contributed by atoms with Gasteiger partial charge in [0, 0.05) is 38.8 Å². The Bertz CT molecular complexity index is 704. The fourth-order valence-electron chi connectivity index (χ4n) is 3.36. The molecule has 0 radical (unpaired) electrons. The van der Waals surface area contributed by atoms with Gasteiger partial charge in [0.15, 0.2) is 0 Å². The number of aliphatic hydroxyl groups excluding tert-OH is 1. The van der Waals surface area contributed by atoms with E-state index in [4.69, 9.17) is 0 Å². The summed E-state index contributed by atoms with van der Waals surface area (Å²) in [6.07, 6.45) is 5.66. The average Bonchev–Trinajstić information content (AvgIpc) is 3.17. The summed E-state index contributed by atoms with van der Waals surface area (Å²) < 4.78 is 0. The summed E-state index contributed by atoms with van der Waals surface area (Å²) in [6, 6.07) is 2.22. The topological polar surface area (TPSA) is 95.2 Å². The molecule has 0 unspecified atom stereocenters.